The Morgan fingerprint density at radius 3 is 2.71 bits per heavy atom. The number of nitrogens with zero attached hydrogens (tertiary/aromatic N) is 2. The monoisotopic (exact) mass is 228 g/mol. The summed E-state index contributed by atoms with van der Waals surface area (Å²) in [6.07, 6.45) is 4.28. The molecule has 2 rings (SSSR count). The van der Waals surface area contributed by atoms with Gasteiger partial charge >= 0.3 is 0 Å². The van der Waals surface area contributed by atoms with Gasteiger partial charge in [-0.15, -0.1) is 0 Å². The molecule has 4 heteroatoms. The molecule has 1 radical (unpaired) electrons. The molecule has 1 aromatic heterocycles. The third-order valence-corrected chi connectivity index (χ3v) is 2.47. The van der Waals surface area contributed by atoms with Crippen LogP contribution >= 0.6 is 0 Å². The third kappa shape index (κ3) is 2.53. The molecule has 1 aromatic carbocycles. The number of anilines is 1. The van der Waals surface area contributed by atoms with E-state index < -0.39 is 0 Å². The fourth-order valence-corrected chi connectivity index (χ4v) is 1.54. The van der Waals surface area contributed by atoms with Crippen LogP contribution in [0.2, 0.25) is 0 Å². The van der Waals surface area contributed by atoms with Crippen molar-refractivity contribution in [3.8, 4) is 11.3 Å². The summed E-state index contributed by atoms with van der Waals surface area (Å²) < 4.78 is 1.50. The van der Waals surface area contributed by atoms with E-state index in [1.807, 2.05) is 24.3 Å². The Balaban J connectivity index is 2.23. The Kier molecular flexibility index (Phi) is 3.23. The first kappa shape index (κ1) is 11.4. The number of hydrogen-bond donors (Lipinski definition) is 1. The molecule has 2 aromatic rings. The molecule has 0 aliphatic rings. The zero-order valence-electron chi connectivity index (χ0n) is 9.47. The molecular weight excluding hydrogens is 214 g/mol. The first-order chi connectivity index (χ1) is 8.20. The number of aromatic nitrogens is 2. The molecule has 87 valence electrons. The number of hydrogen-bond acceptors (Lipinski definition) is 3. The van der Waals surface area contributed by atoms with Crippen molar-refractivity contribution < 1.29 is 4.79 Å². The van der Waals surface area contributed by atoms with Crippen molar-refractivity contribution in [2.45, 2.75) is 12.8 Å². The van der Waals surface area contributed by atoms with E-state index in [1.165, 1.54) is 10.9 Å². The molecule has 1 heterocycles. The zero-order valence-corrected chi connectivity index (χ0v) is 9.47. The van der Waals surface area contributed by atoms with E-state index in [0.29, 0.717) is 18.5 Å². The largest absolute Gasteiger partial charge is 0.399 e. The SMILES string of the molecule is [CH2]CCC(=O)n1cnc(-c2ccc(N)cc2)c1. The summed E-state index contributed by atoms with van der Waals surface area (Å²) in [5.41, 5.74) is 8.03. The fourth-order valence-electron chi connectivity index (χ4n) is 1.54. The molecule has 0 atom stereocenters. The molecule has 4 nitrogen and oxygen atoms in total. The van der Waals surface area contributed by atoms with E-state index in [1.54, 1.807) is 6.20 Å². The minimum atomic E-state index is 0.00851. The topological polar surface area (TPSA) is 60.9 Å². The van der Waals surface area contributed by atoms with Crippen molar-refractivity contribution in [2.75, 3.05) is 5.73 Å². The Hall–Kier alpha value is -2.10. The Bertz CT molecular complexity index is 514. The summed E-state index contributed by atoms with van der Waals surface area (Å²) >= 11 is 0. The molecular formula is C13H14N3O. The maximum atomic E-state index is 11.6. The van der Waals surface area contributed by atoms with Gasteiger partial charge in [0.15, 0.2) is 0 Å². The highest BCUT2D eigenvalue weighted by atomic mass is 16.2. The van der Waals surface area contributed by atoms with Crippen LogP contribution in [0.4, 0.5) is 5.69 Å². The lowest BCUT2D eigenvalue weighted by Gasteiger charge is -1.98. The molecule has 0 unspecified atom stereocenters. The maximum absolute atomic E-state index is 11.6. The van der Waals surface area contributed by atoms with Crippen LogP contribution in [0.5, 0.6) is 0 Å². The van der Waals surface area contributed by atoms with Gasteiger partial charge in [0.1, 0.15) is 6.33 Å². The summed E-state index contributed by atoms with van der Waals surface area (Å²) in [7, 11) is 0. The van der Waals surface area contributed by atoms with E-state index in [2.05, 4.69) is 11.9 Å². The predicted molar refractivity (Wildman–Crippen MR) is 67.3 cm³/mol. The summed E-state index contributed by atoms with van der Waals surface area (Å²) in [6.45, 7) is 3.66. The number of nitrogen functional groups attached to an aromatic ring is 1. The van der Waals surface area contributed by atoms with E-state index >= 15 is 0 Å². The molecule has 0 spiro atoms. The van der Waals surface area contributed by atoms with Gasteiger partial charge in [0.2, 0.25) is 5.91 Å². The number of nitrogens with two attached hydrogens (primary N) is 1. The first-order valence-corrected chi connectivity index (χ1v) is 5.43. The van der Waals surface area contributed by atoms with Gasteiger partial charge in [0, 0.05) is 23.9 Å². The summed E-state index contributed by atoms with van der Waals surface area (Å²) in [6, 6.07) is 7.39. The minimum absolute atomic E-state index is 0.00851. The van der Waals surface area contributed by atoms with Gasteiger partial charge in [0.05, 0.1) is 5.69 Å². The van der Waals surface area contributed by atoms with Gasteiger partial charge in [-0.2, -0.15) is 0 Å². The molecule has 0 saturated heterocycles. The molecule has 0 amide bonds. The van der Waals surface area contributed by atoms with Crippen LogP contribution in [0, 0.1) is 6.92 Å². The van der Waals surface area contributed by atoms with Crippen molar-refractivity contribution in [3.63, 3.8) is 0 Å². The van der Waals surface area contributed by atoms with E-state index in [9.17, 15) is 4.79 Å². The van der Waals surface area contributed by atoms with E-state index in [-0.39, 0.29) is 5.91 Å². The minimum Gasteiger partial charge on any atom is -0.399 e. The fraction of sp³-hybridized carbons (Fsp3) is 0.154. The Morgan fingerprint density at radius 2 is 2.06 bits per heavy atom. The lowest BCUT2D eigenvalue weighted by molar-refractivity contribution is 0.0903. The number of imidazole rings is 1. The van der Waals surface area contributed by atoms with Crippen molar-refractivity contribution in [2.24, 2.45) is 0 Å². The lowest BCUT2D eigenvalue weighted by atomic mass is 10.1. The van der Waals surface area contributed by atoms with Crippen LogP contribution in [0.15, 0.2) is 36.8 Å². The lowest BCUT2D eigenvalue weighted by Crippen LogP contribution is -2.06. The van der Waals surface area contributed by atoms with Gasteiger partial charge in [-0.3, -0.25) is 9.36 Å². The highest BCUT2D eigenvalue weighted by molar-refractivity contribution is 5.79. The number of carbonyl (C=O) groups is 1. The number of rotatable bonds is 3. The van der Waals surface area contributed by atoms with Crippen LogP contribution in [-0.4, -0.2) is 15.5 Å². The van der Waals surface area contributed by atoms with Crippen molar-refractivity contribution in [1.29, 1.82) is 0 Å². The average Bonchev–Trinajstić information content (AvgIpc) is 2.80. The van der Waals surface area contributed by atoms with Crippen molar-refractivity contribution in [3.05, 3.63) is 43.7 Å². The van der Waals surface area contributed by atoms with E-state index in [0.717, 1.165) is 11.3 Å². The molecule has 17 heavy (non-hydrogen) atoms. The summed E-state index contributed by atoms with van der Waals surface area (Å²) in [5, 5.41) is 0. The second-order valence-corrected chi connectivity index (χ2v) is 3.79. The molecule has 0 aliphatic heterocycles. The van der Waals surface area contributed by atoms with Crippen LogP contribution < -0.4 is 5.73 Å². The highest BCUT2D eigenvalue weighted by Crippen LogP contribution is 2.18. The zero-order chi connectivity index (χ0) is 12.3. The van der Waals surface area contributed by atoms with E-state index in [4.69, 9.17) is 5.73 Å². The van der Waals surface area contributed by atoms with Gasteiger partial charge in [-0.1, -0.05) is 19.1 Å². The second kappa shape index (κ2) is 4.82. The maximum Gasteiger partial charge on any atom is 0.231 e. The molecule has 2 N–H and O–H groups in total. The molecule has 0 aliphatic carbocycles. The van der Waals surface area contributed by atoms with Gasteiger partial charge in [0.25, 0.3) is 0 Å². The van der Waals surface area contributed by atoms with Gasteiger partial charge in [-0.05, 0) is 18.6 Å². The van der Waals surface area contributed by atoms with Crippen LogP contribution in [0.3, 0.4) is 0 Å². The van der Waals surface area contributed by atoms with Crippen molar-refractivity contribution in [1.82, 2.24) is 9.55 Å². The first-order valence-electron chi connectivity index (χ1n) is 5.43. The summed E-state index contributed by atoms with van der Waals surface area (Å²) in [4.78, 5) is 15.8. The smallest absolute Gasteiger partial charge is 0.231 e. The average molecular weight is 228 g/mol. The normalized spacial score (nSPS) is 10.4. The van der Waals surface area contributed by atoms with Gasteiger partial charge < -0.3 is 5.73 Å². The van der Waals surface area contributed by atoms with Crippen LogP contribution in [0.25, 0.3) is 11.3 Å². The number of carbonyl (C=O) groups excluding carboxylic acids is 1. The quantitative estimate of drug-likeness (QED) is 0.820. The Morgan fingerprint density at radius 1 is 1.35 bits per heavy atom. The molecule has 0 fully saturated rings. The second-order valence-electron chi connectivity index (χ2n) is 3.79. The van der Waals surface area contributed by atoms with Crippen LogP contribution in [-0.2, 0) is 0 Å². The standard InChI is InChI=1S/C13H14N3O/c1-2-3-13(17)16-8-12(15-9-16)10-4-6-11(14)7-5-10/h4-9H,1-3,14H2. The predicted octanol–water partition coefficient (Wildman–Crippen LogP) is 2.39. The number of benzene rings is 1. The van der Waals surface area contributed by atoms with Crippen molar-refractivity contribution >= 4 is 11.6 Å². The molecule has 0 bridgehead atoms. The van der Waals surface area contributed by atoms with Crippen LogP contribution in [0.1, 0.15) is 17.6 Å². The highest BCUT2D eigenvalue weighted by Gasteiger charge is 2.06. The third-order valence-electron chi connectivity index (χ3n) is 2.47. The summed E-state index contributed by atoms with van der Waals surface area (Å²) in [5.74, 6) is 0.00851. The van der Waals surface area contributed by atoms with Gasteiger partial charge in [-0.25, -0.2) is 4.98 Å². The Labute approximate surface area is 100 Å². The molecule has 0 saturated carbocycles.